The molecule has 7 heteroatoms. The van der Waals surface area contributed by atoms with Crippen molar-refractivity contribution in [1.82, 2.24) is 0 Å². The van der Waals surface area contributed by atoms with E-state index in [1.807, 2.05) is 56.3 Å². The van der Waals surface area contributed by atoms with Gasteiger partial charge in [-0.25, -0.2) is 4.39 Å². The van der Waals surface area contributed by atoms with E-state index in [0.29, 0.717) is 39.6 Å². The van der Waals surface area contributed by atoms with Crippen LogP contribution in [0.1, 0.15) is 25.0 Å². The van der Waals surface area contributed by atoms with Gasteiger partial charge >= 0.3 is 0 Å². The highest BCUT2D eigenvalue weighted by Gasteiger charge is 2.28. The Morgan fingerprint density at radius 2 is 1.79 bits per heavy atom. The summed E-state index contributed by atoms with van der Waals surface area (Å²) in [6, 6.07) is 19.1. The van der Waals surface area contributed by atoms with Crippen LogP contribution in [0, 0.1) is 5.82 Å². The maximum Gasteiger partial charge on any atom is 0.280 e. The summed E-state index contributed by atoms with van der Waals surface area (Å²) < 4.78 is 25.6. The molecule has 4 rings (SSSR count). The summed E-state index contributed by atoms with van der Waals surface area (Å²) in [5.74, 6) is 0.598. The Morgan fingerprint density at radius 1 is 1.06 bits per heavy atom. The molecule has 0 unspecified atom stereocenters. The molecular formula is C26H22BrFN2O3. The number of carbonyl (C=O) groups excluding carboxylic acids is 1. The molecule has 0 bridgehead atoms. The fourth-order valence-corrected chi connectivity index (χ4v) is 3.98. The Labute approximate surface area is 200 Å². The number of anilines is 1. The second-order valence-electron chi connectivity index (χ2n) is 7.37. The number of halogens is 2. The molecule has 0 spiro atoms. The van der Waals surface area contributed by atoms with Crippen LogP contribution < -0.4 is 14.5 Å². The number of hydrogen-bond acceptors (Lipinski definition) is 4. The van der Waals surface area contributed by atoms with Crippen molar-refractivity contribution in [2.24, 2.45) is 5.10 Å². The molecule has 1 amide bonds. The van der Waals surface area contributed by atoms with Crippen molar-refractivity contribution in [2.75, 3.05) is 11.6 Å². The van der Waals surface area contributed by atoms with Gasteiger partial charge in [0.2, 0.25) is 0 Å². The molecule has 0 N–H and O–H groups in total. The summed E-state index contributed by atoms with van der Waals surface area (Å²) in [5, 5.41) is 5.83. The summed E-state index contributed by atoms with van der Waals surface area (Å²) in [4.78, 5) is 13.0. The fraction of sp³-hybridized carbons (Fsp3) is 0.154. The molecule has 0 radical (unpaired) electrons. The molecule has 5 nitrogen and oxygen atoms in total. The van der Waals surface area contributed by atoms with Crippen LogP contribution >= 0.6 is 15.9 Å². The van der Waals surface area contributed by atoms with Gasteiger partial charge in [0.05, 0.1) is 28.1 Å². The molecule has 168 valence electrons. The number of para-hydroxylation sites is 1. The third-order valence-electron chi connectivity index (χ3n) is 5.00. The van der Waals surface area contributed by atoms with Gasteiger partial charge in [-0.3, -0.25) is 4.79 Å². The topological polar surface area (TPSA) is 51.1 Å². The average Bonchev–Trinajstić information content (AvgIpc) is 3.09. The quantitative estimate of drug-likeness (QED) is 0.348. The predicted molar refractivity (Wildman–Crippen MR) is 131 cm³/mol. The van der Waals surface area contributed by atoms with E-state index in [4.69, 9.17) is 9.47 Å². The van der Waals surface area contributed by atoms with Crippen molar-refractivity contribution >= 4 is 39.3 Å². The van der Waals surface area contributed by atoms with E-state index in [2.05, 4.69) is 21.0 Å². The normalized spacial score (nSPS) is 14.5. The highest BCUT2D eigenvalue weighted by Crippen LogP contribution is 2.38. The van der Waals surface area contributed by atoms with Gasteiger partial charge in [-0.1, -0.05) is 30.3 Å². The molecular weight excluding hydrogens is 487 g/mol. The molecule has 0 saturated heterocycles. The van der Waals surface area contributed by atoms with E-state index >= 15 is 0 Å². The van der Waals surface area contributed by atoms with Crippen LogP contribution in [0.15, 0.2) is 81.9 Å². The lowest BCUT2D eigenvalue weighted by Crippen LogP contribution is -2.21. The zero-order valence-electron chi connectivity index (χ0n) is 18.2. The Bertz CT molecular complexity index is 1220. The lowest BCUT2D eigenvalue weighted by molar-refractivity contribution is -0.114. The minimum atomic E-state index is -0.293. The number of rotatable bonds is 7. The average molecular weight is 509 g/mol. The van der Waals surface area contributed by atoms with Crippen LogP contribution in [-0.4, -0.2) is 18.2 Å². The van der Waals surface area contributed by atoms with Crippen LogP contribution in [-0.2, 0) is 11.4 Å². The molecule has 0 fully saturated rings. The van der Waals surface area contributed by atoms with Gasteiger partial charge in [0.15, 0.2) is 11.5 Å². The smallest absolute Gasteiger partial charge is 0.280 e. The third kappa shape index (κ3) is 5.14. The van der Waals surface area contributed by atoms with Crippen LogP contribution in [0.5, 0.6) is 11.5 Å². The first-order valence-corrected chi connectivity index (χ1v) is 11.3. The van der Waals surface area contributed by atoms with Crippen molar-refractivity contribution in [3.05, 3.63) is 93.7 Å². The number of amides is 1. The second kappa shape index (κ2) is 10.0. The van der Waals surface area contributed by atoms with Gasteiger partial charge < -0.3 is 9.47 Å². The minimum Gasteiger partial charge on any atom is -0.490 e. The number of benzene rings is 3. The van der Waals surface area contributed by atoms with Crippen molar-refractivity contribution in [3.8, 4) is 11.5 Å². The van der Waals surface area contributed by atoms with Gasteiger partial charge in [-0.2, -0.15) is 10.1 Å². The Morgan fingerprint density at radius 3 is 2.48 bits per heavy atom. The first-order valence-electron chi connectivity index (χ1n) is 10.5. The number of carbonyl (C=O) groups is 1. The number of ether oxygens (including phenoxy) is 2. The molecule has 0 atom stereocenters. The highest BCUT2D eigenvalue weighted by atomic mass is 79.9. The molecule has 33 heavy (non-hydrogen) atoms. The van der Waals surface area contributed by atoms with E-state index in [1.165, 1.54) is 17.1 Å². The zero-order chi connectivity index (χ0) is 23.4. The lowest BCUT2D eigenvalue weighted by atomic mass is 10.1. The molecule has 1 heterocycles. The molecule has 1 aliphatic rings. The van der Waals surface area contributed by atoms with Crippen LogP contribution in [0.3, 0.4) is 0 Å². The van der Waals surface area contributed by atoms with Gasteiger partial charge in [-0.15, -0.1) is 0 Å². The Kier molecular flexibility index (Phi) is 6.89. The van der Waals surface area contributed by atoms with Crippen molar-refractivity contribution in [3.63, 3.8) is 0 Å². The fourth-order valence-electron chi connectivity index (χ4n) is 3.41. The van der Waals surface area contributed by atoms with E-state index in [9.17, 15) is 9.18 Å². The summed E-state index contributed by atoms with van der Waals surface area (Å²) >= 11 is 3.56. The van der Waals surface area contributed by atoms with Gasteiger partial charge in [0.1, 0.15) is 12.4 Å². The molecule has 0 saturated carbocycles. The monoisotopic (exact) mass is 508 g/mol. The van der Waals surface area contributed by atoms with E-state index in [-0.39, 0.29) is 18.3 Å². The van der Waals surface area contributed by atoms with Crippen molar-refractivity contribution in [2.45, 2.75) is 20.5 Å². The Balaban J connectivity index is 1.60. The van der Waals surface area contributed by atoms with E-state index in [0.717, 1.165) is 11.1 Å². The lowest BCUT2D eigenvalue weighted by Gasteiger charge is -2.15. The molecule has 3 aromatic rings. The molecule has 3 aromatic carbocycles. The summed E-state index contributed by atoms with van der Waals surface area (Å²) in [7, 11) is 0. The zero-order valence-corrected chi connectivity index (χ0v) is 19.8. The number of hydrogen-bond donors (Lipinski definition) is 0. The SMILES string of the molecule is CCOc1cc(/C=C2/C(=O)N(c3ccccc3)N=C2C)cc(Br)c1OCc1ccc(F)cc1. The highest BCUT2D eigenvalue weighted by molar-refractivity contribution is 9.10. The van der Waals surface area contributed by atoms with Gasteiger partial charge in [0, 0.05) is 0 Å². The van der Waals surface area contributed by atoms with Crippen molar-refractivity contribution in [1.29, 1.82) is 0 Å². The van der Waals surface area contributed by atoms with Gasteiger partial charge in [0.25, 0.3) is 5.91 Å². The summed E-state index contributed by atoms with van der Waals surface area (Å²) in [5.41, 5.74) is 3.46. The maximum absolute atomic E-state index is 13.2. The number of hydrazone groups is 1. The summed E-state index contributed by atoms with van der Waals surface area (Å²) in [6.07, 6.45) is 1.79. The van der Waals surface area contributed by atoms with Crippen LogP contribution in [0.4, 0.5) is 10.1 Å². The standard InChI is InChI=1S/C26H22BrFN2O3/c1-3-32-24-15-19(14-23(27)25(24)33-16-18-9-11-20(28)12-10-18)13-22-17(2)29-30(26(22)31)21-7-5-4-6-8-21/h4-15H,3,16H2,1-2H3/b22-13+. The predicted octanol–water partition coefficient (Wildman–Crippen LogP) is 6.37. The van der Waals surface area contributed by atoms with Crippen molar-refractivity contribution < 1.29 is 18.7 Å². The minimum absolute atomic E-state index is 0.190. The first-order chi connectivity index (χ1) is 16.0. The van der Waals surface area contributed by atoms with Crippen LogP contribution in [0.25, 0.3) is 6.08 Å². The molecule has 1 aliphatic heterocycles. The van der Waals surface area contributed by atoms with E-state index in [1.54, 1.807) is 18.2 Å². The maximum atomic E-state index is 13.2. The van der Waals surface area contributed by atoms with Crippen LogP contribution in [0.2, 0.25) is 0 Å². The molecule has 0 aromatic heterocycles. The van der Waals surface area contributed by atoms with E-state index < -0.39 is 0 Å². The first kappa shape index (κ1) is 22.7. The third-order valence-corrected chi connectivity index (χ3v) is 5.59. The van der Waals surface area contributed by atoms with Gasteiger partial charge in [-0.05, 0) is 83.4 Å². The summed E-state index contributed by atoms with van der Waals surface area (Å²) in [6.45, 7) is 4.40. The largest absolute Gasteiger partial charge is 0.490 e. The second-order valence-corrected chi connectivity index (χ2v) is 8.23. The molecule has 0 aliphatic carbocycles. The Hall–Kier alpha value is -3.45. The number of nitrogens with zero attached hydrogens (tertiary/aromatic N) is 2.